The number of nitrogens with one attached hydrogen (secondary N) is 4. The molecule has 172 valence electrons. The van der Waals surface area contributed by atoms with Crippen molar-refractivity contribution in [2.45, 2.75) is 18.9 Å². The maximum Gasteiger partial charge on any atom is 0.246 e. The lowest BCUT2D eigenvalue weighted by Crippen LogP contribution is -2.44. The molecule has 2 aromatic heterocycles. The number of piperazine rings is 1. The molecule has 3 aromatic rings. The Morgan fingerprint density at radius 2 is 1.97 bits per heavy atom. The Morgan fingerprint density at radius 3 is 2.76 bits per heavy atom. The second kappa shape index (κ2) is 9.45. The zero-order valence-corrected chi connectivity index (χ0v) is 18.5. The monoisotopic (exact) mass is 447 g/mol. The van der Waals surface area contributed by atoms with Crippen molar-refractivity contribution in [3.63, 3.8) is 0 Å². The van der Waals surface area contributed by atoms with E-state index in [9.17, 15) is 4.79 Å². The van der Waals surface area contributed by atoms with E-state index < -0.39 is 0 Å². The summed E-state index contributed by atoms with van der Waals surface area (Å²) in [6, 6.07) is 8.43. The normalized spacial score (nSPS) is 18.8. The molecule has 0 saturated carbocycles. The van der Waals surface area contributed by atoms with Crippen molar-refractivity contribution in [1.29, 1.82) is 0 Å². The Bertz CT molecular complexity index is 1120. The molecular formula is C23H29N9O. The van der Waals surface area contributed by atoms with E-state index in [1.807, 2.05) is 17.0 Å². The van der Waals surface area contributed by atoms with Gasteiger partial charge in [0.2, 0.25) is 11.9 Å². The number of rotatable bonds is 6. The lowest BCUT2D eigenvalue weighted by molar-refractivity contribution is -0.127. The van der Waals surface area contributed by atoms with Crippen LogP contribution in [0.1, 0.15) is 12.8 Å². The third-order valence-corrected chi connectivity index (χ3v) is 6.16. The molecule has 1 atom stereocenters. The molecule has 0 radical (unpaired) electrons. The summed E-state index contributed by atoms with van der Waals surface area (Å²) in [7, 11) is 0. The van der Waals surface area contributed by atoms with Crippen molar-refractivity contribution in [1.82, 2.24) is 30.4 Å². The molecule has 1 amide bonds. The van der Waals surface area contributed by atoms with Crippen LogP contribution in [0.2, 0.25) is 0 Å². The minimum absolute atomic E-state index is 0.0377. The molecule has 10 nitrogen and oxygen atoms in total. The molecule has 1 aromatic carbocycles. The van der Waals surface area contributed by atoms with Crippen LogP contribution in [0.3, 0.4) is 0 Å². The minimum atomic E-state index is -0.0377. The summed E-state index contributed by atoms with van der Waals surface area (Å²) in [5.41, 5.74) is 2.78. The standard InChI is InChI=1S/C23H29N9O/c1-2-20(33)32-11-3-4-17(15-32)26-21-19-14-25-30-22(19)29-23(28-21)27-16-5-7-18(8-6-16)31-12-9-24-10-13-31/h2,5-8,14,17,24H,1,3-4,9-13,15H2,(H3,25,26,27,28,29,30). The van der Waals surface area contributed by atoms with Gasteiger partial charge in [-0.25, -0.2) is 0 Å². The van der Waals surface area contributed by atoms with Gasteiger partial charge in [0.25, 0.3) is 0 Å². The molecule has 2 fully saturated rings. The van der Waals surface area contributed by atoms with Crippen LogP contribution in [0.15, 0.2) is 43.1 Å². The fraction of sp³-hybridized carbons (Fsp3) is 0.391. The number of piperidine rings is 1. The van der Waals surface area contributed by atoms with Crippen LogP contribution in [-0.2, 0) is 4.79 Å². The number of benzene rings is 1. The third kappa shape index (κ3) is 4.75. The summed E-state index contributed by atoms with van der Waals surface area (Å²) in [6.45, 7) is 9.02. The van der Waals surface area contributed by atoms with Crippen LogP contribution in [0.5, 0.6) is 0 Å². The fourth-order valence-electron chi connectivity index (χ4n) is 4.43. The molecule has 0 aliphatic carbocycles. The van der Waals surface area contributed by atoms with Crippen molar-refractivity contribution in [2.24, 2.45) is 0 Å². The minimum Gasteiger partial charge on any atom is -0.369 e. The number of amides is 1. The first-order valence-electron chi connectivity index (χ1n) is 11.4. The van der Waals surface area contributed by atoms with Crippen LogP contribution in [0.4, 0.5) is 23.1 Å². The largest absolute Gasteiger partial charge is 0.369 e. The highest BCUT2D eigenvalue weighted by Crippen LogP contribution is 2.25. The van der Waals surface area contributed by atoms with Crippen LogP contribution >= 0.6 is 0 Å². The second-order valence-electron chi connectivity index (χ2n) is 8.41. The van der Waals surface area contributed by atoms with Crippen molar-refractivity contribution in [3.8, 4) is 0 Å². The first-order valence-corrected chi connectivity index (χ1v) is 11.4. The first-order chi connectivity index (χ1) is 16.2. The number of aromatic amines is 1. The number of aromatic nitrogens is 4. The number of carbonyl (C=O) groups excluding carboxylic acids is 1. The fourth-order valence-corrected chi connectivity index (χ4v) is 4.43. The maximum absolute atomic E-state index is 12.0. The van der Waals surface area contributed by atoms with E-state index in [4.69, 9.17) is 4.98 Å². The number of carbonyl (C=O) groups is 1. The van der Waals surface area contributed by atoms with Gasteiger partial charge in [0.1, 0.15) is 5.82 Å². The molecule has 5 rings (SSSR count). The Hall–Kier alpha value is -3.66. The van der Waals surface area contributed by atoms with Gasteiger partial charge < -0.3 is 25.8 Å². The highest BCUT2D eigenvalue weighted by Gasteiger charge is 2.23. The zero-order valence-electron chi connectivity index (χ0n) is 18.5. The quantitative estimate of drug-likeness (QED) is 0.425. The SMILES string of the molecule is C=CC(=O)N1CCCC(Nc2nc(Nc3ccc(N4CCNCC4)cc3)nc3[nH]ncc23)C1. The average Bonchev–Trinajstić information content (AvgIpc) is 3.34. The molecule has 4 N–H and O–H groups in total. The summed E-state index contributed by atoms with van der Waals surface area (Å²) in [5, 5.41) is 18.1. The van der Waals surface area contributed by atoms with Gasteiger partial charge in [-0.05, 0) is 43.2 Å². The van der Waals surface area contributed by atoms with Crippen LogP contribution in [-0.4, -0.2) is 76.3 Å². The van der Waals surface area contributed by atoms with Gasteiger partial charge in [0.15, 0.2) is 5.65 Å². The topological polar surface area (TPSA) is 114 Å². The van der Waals surface area contributed by atoms with E-state index in [0.29, 0.717) is 24.0 Å². The van der Waals surface area contributed by atoms with Gasteiger partial charge in [-0.1, -0.05) is 6.58 Å². The first kappa shape index (κ1) is 21.2. The average molecular weight is 448 g/mol. The summed E-state index contributed by atoms with van der Waals surface area (Å²) in [4.78, 5) is 25.5. The van der Waals surface area contributed by atoms with Gasteiger partial charge in [0.05, 0.1) is 11.6 Å². The van der Waals surface area contributed by atoms with Crippen LogP contribution < -0.4 is 20.9 Å². The zero-order chi connectivity index (χ0) is 22.6. The number of nitrogens with zero attached hydrogens (tertiary/aromatic N) is 5. The summed E-state index contributed by atoms with van der Waals surface area (Å²) in [5.74, 6) is 1.15. The summed E-state index contributed by atoms with van der Waals surface area (Å²) in [6.07, 6.45) is 4.98. The molecule has 2 aliphatic heterocycles. The number of hydrogen-bond donors (Lipinski definition) is 4. The summed E-state index contributed by atoms with van der Waals surface area (Å²) < 4.78 is 0. The van der Waals surface area contributed by atoms with Gasteiger partial charge >= 0.3 is 0 Å². The Morgan fingerprint density at radius 1 is 1.15 bits per heavy atom. The molecule has 33 heavy (non-hydrogen) atoms. The van der Waals surface area contributed by atoms with Gasteiger partial charge in [-0.15, -0.1) is 0 Å². The molecule has 2 saturated heterocycles. The molecular weight excluding hydrogens is 418 g/mol. The van der Waals surface area contributed by atoms with Crippen molar-refractivity contribution >= 4 is 40.1 Å². The molecule has 10 heteroatoms. The Balaban J connectivity index is 1.32. The van der Waals surface area contributed by atoms with E-state index in [0.717, 1.165) is 56.6 Å². The van der Waals surface area contributed by atoms with Crippen molar-refractivity contribution in [3.05, 3.63) is 43.1 Å². The Kier molecular flexibility index (Phi) is 6.07. The highest BCUT2D eigenvalue weighted by molar-refractivity contribution is 5.88. The van der Waals surface area contributed by atoms with E-state index in [-0.39, 0.29) is 11.9 Å². The number of anilines is 4. The van der Waals surface area contributed by atoms with Crippen LogP contribution in [0, 0.1) is 0 Å². The maximum atomic E-state index is 12.0. The molecule has 0 spiro atoms. The third-order valence-electron chi connectivity index (χ3n) is 6.16. The second-order valence-corrected chi connectivity index (χ2v) is 8.41. The van der Waals surface area contributed by atoms with Gasteiger partial charge in [-0.2, -0.15) is 15.1 Å². The highest BCUT2D eigenvalue weighted by atomic mass is 16.2. The molecule has 1 unspecified atom stereocenters. The van der Waals surface area contributed by atoms with E-state index in [2.05, 4.69) is 54.7 Å². The Labute approximate surface area is 192 Å². The van der Waals surface area contributed by atoms with E-state index >= 15 is 0 Å². The van der Waals surface area contributed by atoms with Crippen molar-refractivity contribution < 1.29 is 4.79 Å². The predicted octanol–water partition coefficient (Wildman–Crippen LogP) is 2.09. The van der Waals surface area contributed by atoms with E-state index in [1.54, 1.807) is 6.20 Å². The molecule has 2 aliphatic rings. The lowest BCUT2D eigenvalue weighted by Gasteiger charge is -2.32. The molecule has 0 bridgehead atoms. The van der Waals surface area contributed by atoms with Crippen molar-refractivity contribution in [2.75, 3.05) is 54.8 Å². The number of likely N-dealkylation sites (tertiary alicyclic amines) is 1. The number of fused-ring (bicyclic) bond motifs is 1. The smallest absolute Gasteiger partial charge is 0.246 e. The van der Waals surface area contributed by atoms with Crippen LogP contribution in [0.25, 0.3) is 11.0 Å². The van der Waals surface area contributed by atoms with Gasteiger partial charge in [0, 0.05) is 56.7 Å². The van der Waals surface area contributed by atoms with E-state index in [1.165, 1.54) is 11.8 Å². The summed E-state index contributed by atoms with van der Waals surface area (Å²) >= 11 is 0. The number of hydrogen-bond acceptors (Lipinski definition) is 8. The lowest BCUT2D eigenvalue weighted by atomic mass is 10.1. The predicted molar refractivity (Wildman–Crippen MR) is 130 cm³/mol. The van der Waals surface area contributed by atoms with Gasteiger partial charge in [-0.3, -0.25) is 9.89 Å². The number of H-pyrrole nitrogens is 1. The molecule has 4 heterocycles.